The summed E-state index contributed by atoms with van der Waals surface area (Å²) in [6.07, 6.45) is 3.25. The van der Waals surface area contributed by atoms with Crippen molar-refractivity contribution < 1.29 is 9.53 Å². The molecule has 0 atom stereocenters. The molecule has 0 radical (unpaired) electrons. The van der Waals surface area contributed by atoms with Gasteiger partial charge in [0.1, 0.15) is 12.4 Å². The molecule has 1 amide bonds. The number of benzene rings is 2. The van der Waals surface area contributed by atoms with E-state index in [4.69, 9.17) is 4.74 Å². The second-order valence-electron chi connectivity index (χ2n) is 5.11. The summed E-state index contributed by atoms with van der Waals surface area (Å²) in [5.41, 5.74) is 2.15. The Morgan fingerprint density at radius 3 is 2.67 bits per heavy atom. The van der Waals surface area contributed by atoms with Gasteiger partial charge < -0.3 is 10.1 Å². The number of nitrogens with one attached hydrogen (secondary N) is 1. The van der Waals surface area contributed by atoms with Gasteiger partial charge in [-0.25, -0.2) is 0 Å². The van der Waals surface area contributed by atoms with Crippen molar-refractivity contribution in [2.24, 2.45) is 0 Å². The molecule has 120 valence electrons. The van der Waals surface area contributed by atoms with Crippen molar-refractivity contribution in [3.63, 3.8) is 0 Å². The first kappa shape index (κ1) is 16.2. The Labute approximate surface area is 148 Å². The minimum absolute atomic E-state index is 0.237. The van der Waals surface area contributed by atoms with Crippen LogP contribution < -0.4 is 10.1 Å². The first-order chi connectivity index (χ1) is 11.7. The fourth-order valence-electron chi connectivity index (χ4n) is 2.17. The molecule has 1 aromatic heterocycles. The highest BCUT2D eigenvalue weighted by molar-refractivity contribution is 9.10. The van der Waals surface area contributed by atoms with E-state index < -0.39 is 0 Å². The van der Waals surface area contributed by atoms with Crippen molar-refractivity contribution in [1.29, 1.82) is 0 Å². The smallest absolute Gasteiger partial charge is 0.259 e. The number of nitrogens with zero attached hydrogens (tertiary/aromatic N) is 1. The molecule has 0 spiro atoms. The van der Waals surface area contributed by atoms with Crippen molar-refractivity contribution in [3.05, 3.63) is 88.7 Å². The fraction of sp³-hybridized carbons (Fsp3) is 0.0526. The third-order valence-electron chi connectivity index (χ3n) is 3.34. The maximum absolute atomic E-state index is 12.5. The van der Waals surface area contributed by atoms with E-state index in [1.165, 1.54) is 0 Å². The van der Waals surface area contributed by atoms with Gasteiger partial charge in [0.2, 0.25) is 0 Å². The highest BCUT2D eigenvalue weighted by Crippen LogP contribution is 2.25. The van der Waals surface area contributed by atoms with Gasteiger partial charge in [-0.1, -0.05) is 46.3 Å². The van der Waals surface area contributed by atoms with Crippen LogP contribution in [0.25, 0.3) is 0 Å². The Balaban J connectivity index is 1.78. The van der Waals surface area contributed by atoms with Crippen molar-refractivity contribution >= 4 is 27.5 Å². The summed E-state index contributed by atoms with van der Waals surface area (Å²) in [4.78, 5) is 16.5. The van der Waals surface area contributed by atoms with E-state index in [2.05, 4.69) is 26.2 Å². The van der Waals surface area contributed by atoms with Crippen LogP contribution in [0.4, 0.5) is 5.69 Å². The van der Waals surface area contributed by atoms with Crippen molar-refractivity contribution in [2.45, 2.75) is 6.61 Å². The summed E-state index contributed by atoms with van der Waals surface area (Å²) < 4.78 is 6.71. The number of hydrogen-bond acceptors (Lipinski definition) is 3. The molecule has 0 aliphatic heterocycles. The zero-order chi connectivity index (χ0) is 16.8. The first-order valence-corrected chi connectivity index (χ1v) is 8.19. The SMILES string of the molecule is O=C(Nc1cccnc1)c1ccc(Br)cc1OCc1ccccc1. The lowest BCUT2D eigenvalue weighted by Gasteiger charge is -2.12. The van der Waals surface area contributed by atoms with E-state index in [0.717, 1.165) is 10.0 Å². The van der Waals surface area contributed by atoms with Crippen LogP contribution in [0.15, 0.2) is 77.5 Å². The third-order valence-corrected chi connectivity index (χ3v) is 3.84. The van der Waals surface area contributed by atoms with Crippen molar-refractivity contribution in [2.75, 3.05) is 5.32 Å². The van der Waals surface area contributed by atoms with Crippen LogP contribution >= 0.6 is 15.9 Å². The maximum Gasteiger partial charge on any atom is 0.259 e. The van der Waals surface area contributed by atoms with Gasteiger partial charge >= 0.3 is 0 Å². The predicted molar refractivity (Wildman–Crippen MR) is 97.1 cm³/mol. The van der Waals surface area contributed by atoms with Gasteiger partial charge in [0, 0.05) is 10.7 Å². The molecule has 1 heterocycles. The van der Waals surface area contributed by atoms with Gasteiger partial charge in [0.25, 0.3) is 5.91 Å². The largest absolute Gasteiger partial charge is 0.488 e. The van der Waals surface area contributed by atoms with Crippen molar-refractivity contribution in [3.8, 4) is 5.75 Å². The number of anilines is 1. The molecule has 3 aromatic rings. The van der Waals surface area contributed by atoms with Gasteiger partial charge in [-0.05, 0) is 35.9 Å². The molecular weight excluding hydrogens is 368 g/mol. The number of pyridine rings is 1. The quantitative estimate of drug-likeness (QED) is 0.696. The highest BCUT2D eigenvalue weighted by atomic mass is 79.9. The van der Waals surface area contributed by atoms with E-state index in [-0.39, 0.29) is 5.91 Å². The Morgan fingerprint density at radius 2 is 1.92 bits per heavy atom. The summed E-state index contributed by atoms with van der Waals surface area (Å²) >= 11 is 3.42. The lowest BCUT2D eigenvalue weighted by atomic mass is 10.2. The summed E-state index contributed by atoms with van der Waals surface area (Å²) in [7, 11) is 0. The summed E-state index contributed by atoms with van der Waals surface area (Å²) in [5, 5.41) is 2.82. The molecule has 0 saturated carbocycles. The fourth-order valence-corrected chi connectivity index (χ4v) is 2.51. The Bertz CT molecular complexity index is 823. The second kappa shape index (κ2) is 7.75. The summed E-state index contributed by atoms with van der Waals surface area (Å²) in [6.45, 7) is 0.393. The third kappa shape index (κ3) is 4.20. The number of hydrogen-bond donors (Lipinski definition) is 1. The van der Waals surface area contributed by atoms with E-state index >= 15 is 0 Å². The number of aromatic nitrogens is 1. The van der Waals surface area contributed by atoms with Crippen LogP contribution in [0.1, 0.15) is 15.9 Å². The molecule has 2 aromatic carbocycles. The van der Waals surface area contributed by atoms with E-state index in [1.54, 1.807) is 36.7 Å². The van der Waals surface area contributed by atoms with Crippen LogP contribution in [0.3, 0.4) is 0 Å². The van der Waals surface area contributed by atoms with Crippen LogP contribution in [0.2, 0.25) is 0 Å². The molecule has 4 nitrogen and oxygen atoms in total. The zero-order valence-corrected chi connectivity index (χ0v) is 14.4. The van der Waals surface area contributed by atoms with Crippen LogP contribution in [-0.2, 0) is 6.61 Å². The number of ether oxygens (including phenoxy) is 1. The molecular formula is C19H15BrN2O2. The molecule has 0 aliphatic carbocycles. The van der Waals surface area contributed by atoms with E-state index in [9.17, 15) is 4.79 Å². The lowest BCUT2D eigenvalue weighted by molar-refractivity contribution is 0.102. The number of carbonyl (C=O) groups is 1. The molecule has 0 fully saturated rings. The van der Waals surface area contributed by atoms with Crippen LogP contribution in [-0.4, -0.2) is 10.9 Å². The van der Waals surface area contributed by atoms with E-state index in [0.29, 0.717) is 23.6 Å². The topological polar surface area (TPSA) is 51.2 Å². The second-order valence-corrected chi connectivity index (χ2v) is 6.03. The van der Waals surface area contributed by atoms with Crippen molar-refractivity contribution in [1.82, 2.24) is 4.98 Å². The van der Waals surface area contributed by atoms with Gasteiger partial charge in [-0.2, -0.15) is 0 Å². The Hall–Kier alpha value is -2.66. The standard InChI is InChI=1S/C19H15BrN2O2/c20-15-8-9-17(19(23)22-16-7-4-10-21-12-16)18(11-15)24-13-14-5-2-1-3-6-14/h1-12H,13H2,(H,22,23). The van der Waals surface area contributed by atoms with Gasteiger partial charge in [-0.3, -0.25) is 9.78 Å². The molecule has 24 heavy (non-hydrogen) atoms. The van der Waals surface area contributed by atoms with Crippen LogP contribution in [0, 0.1) is 0 Å². The average Bonchev–Trinajstić information content (AvgIpc) is 2.61. The monoisotopic (exact) mass is 382 g/mol. The van der Waals surface area contributed by atoms with Crippen LogP contribution in [0.5, 0.6) is 5.75 Å². The highest BCUT2D eigenvalue weighted by Gasteiger charge is 2.14. The van der Waals surface area contributed by atoms with E-state index in [1.807, 2.05) is 36.4 Å². The molecule has 0 saturated heterocycles. The minimum atomic E-state index is -0.237. The molecule has 3 rings (SSSR count). The normalized spacial score (nSPS) is 10.2. The Morgan fingerprint density at radius 1 is 1.08 bits per heavy atom. The van der Waals surface area contributed by atoms with Gasteiger partial charge in [0.05, 0.1) is 17.4 Å². The number of halogens is 1. The maximum atomic E-state index is 12.5. The number of rotatable bonds is 5. The molecule has 5 heteroatoms. The first-order valence-electron chi connectivity index (χ1n) is 7.40. The number of amides is 1. The zero-order valence-electron chi connectivity index (χ0n) is 12.8. The molecule has 0 unspecified atom stereocenters. The van der Waals surface area contributed by atoms with Gasteiger partial charge in [-0.15, -0.1) is 0 Å². The predicted octanol–water partition coefficient (Wildman–Crippen LogP) is 4.68. The summed E-state index contributed by atoms with van der Waals surface area (Å²) in [5.74, 6) is 0.285. The molecule has 0 bridgehead atoms. The number of carbonyl (C=O) groups excluding carboxylic acids is 1. The summed E-state index contributed by atoms with van der Waals surface area (Å²) in [6, 6.07) is 18.7. The Kier molecular flexibility index (Phi) is 5.23. The van der Waals surface area contributed by atoms with Gasteiger partial charge in [0.15, 0.2) is 0 Å². The molecule has 1 N–H and O–H groups in total. The lowest BCUT2D eigenvalue weighted by Crippen LogP contribution is -2.13. The minimum Gasteiger partial charge on any atom is -0.488 e. The average molecular weight is 383 g/mol. The molecule has 0 aliphatic rings.